The number of imidazole rings is 2. The highest BCUT2D eigenvalue weighted by atomic mass is 32.1. The van der Waals surface area contributed by atoms with Crippen LogP contribution in [0, 0.1) is 0 Å². The van der Waals surface area contributed by atoms with Crippen molar-refractivity contribution in [3.63, 3.8) is 0 Å². The first-order valence-corrected chi connectivity index (χ1v) is 15.2. The summed E-state index contributed by atoms with van der Waals surface area (Å²) in [6, 6.07) is 4.47. The van der Waals surface area contributed by atoms with E-state index < -0.39 is 0 Å². The normalized spacial score (nSPS) is 26.8. The first-order valence-electron chi connectivity index (χ1n) is 13.3. The summed E-state index contributed by atoms with van der Waals surface area (Å²) in [7, 11) is 0. The van der Waals surface area contributed by atoms with Crippen LogP contribution in [0.25, 0.3) is 0 Å². The Morgan fingerprint density at radius 1 is 0.667 bits per heavy atom. The second-order valence-electron chi connectivity index (χ2n) is 11.0. The number of rotatable bonds is 2. The van der Waals surface area contributed by atoms with Crippen LogP contribution in [0.1, 0.15) is 49.9 Å². The minimum atomic E-state index is 0.312. The molecule has 0 saturated carbocycles. The number of aromatic nitrogens is 4. The van der Waals surface area contributed by atoms with Crippen LogP contribution >= 0.6 is 22.7 Å². The second-order valence-corrected chi connectivity index (χ2v) is 12.5. The molecule has 0 radical (unpaired) electrons. The van der Waals surface area contributed by atoms with Crippen molar-refractivity contribution in [3.8, 4) is 0 Å². The molecular formula is C28H34N6S2. The Kier molecular flexibility index (Phi) is 5.69. The maximum Gasteiger partial charge on any atom is 0.0954 e. The van der Waals surface area contributed by atoms with E-state index in [1.807, 2.05) is 25.0 Å². The van der Waals surface area contributed by atoms with E-state index in [2.05, 4.69) is 62.6 Å². The van der Waals surface area contributed by atoms with E-state index in [9.17, 15) is 0 Å². The van der Waals surface area contributed by atoms with Crippen molar-refractivity contribution in [2.75, 3.05) is 36.0 Å². The number of hydrogen-bond donors (Lipinski definition) is 0. The smallest absolute Gasteiger partial charge is 0.0954 e. The Labute approximate surface area is 221 Å². The van der Waals surface area contributed by atoms with Crippen LogP contribution in [0.5, 0.6) is 0 Å². The number of nitrogens with zero attached hydrogens (tertiary/aromatic N) is 6. The summed E-state index contributed by atoms with van der Waals surface area (Å²) in [5.41, 5.74) is 6.26. The molecule has 4 aromatic heterocycles. The largest absolute Gasteiger partial charge is 0.368 e. The third kappa shape index (κ3) is 3.80. The van der Waals surface area contributed by atoms with Gasteiger partial charge in [-0.3, -0.25) is 0 Å². The van der Waals surface area contributed by atoms with Crippen LogP contribution in [0.4, 0.5) is 11.4 Å². The number of anilines is 2. The van der Waals surface area contributed by atoms with Crippen molar-refractivity contribution in [1.82, 2.24) is 19.1 Å². The van der Waals surface area contributed by atoms with Gasteiger partial charge in [0.05, 0.1) is 23.7 Å². The molecule has 0 aliphatic carbocycles. The number of hydrogen-bond acceptors (Lipinski definition) is 6. The molecule has 36 heavy (non-hydrogen) atoms. The molecule has 8 heterocycles. The predicted octanol–water partition coefficient (Wildman–Crippen LogP) is 5.77. The molecule has 8 rings (SSSR count). The molecule has 4 aliphatic heterocycles. The topological polar surface area (TPSA) is 42.1 Å². The molecule has 8 heteroatoms. The Hall–Kier alpha value is -2.58. The van der Waals surface area contributed by atoms with Gasteiger partial charge >= 0.3 is 0 Å². The van der Waals surface area contributed by atoms with E-state index in [4.69, 9.17) is 0 Å². The molecule has 0 amide bonds. The Balaban J connectivity index is 0.000000122. The number of aryl methyl sites for hydroxylation is 2. The maximum absolute atomic E-state index is 4.36. The van der Waals surface area contributed by atoms with Gasteiger partial charge in [0.15, 0.2) is 0 Å². The molecule has 0 N–H and O–H groups in total. The predicted molar refractivity (Wildman–Crippen MR) is 149 cm³/mol. The van der Waals surface area contributed by atoms with Gasteiger partial charge in [0.25, 0.3) is 0 Å². The van der Waals surface area contributed by atoms with Gasteiger partial charge in [0, 0.05) is 72.1 Å². The standard InChI is InChI=1S/2C14H17N3S/c2*1-2-12-8-15-11-17(12)14(4-1)5-6-16(10-14)13-3-7-18-9-13/h2*3,7-9,11H,1-2,4-6,10H2. The van der Waals surface area contributed by atoms with E-state index in [0.717, 1.165) is 13.1 Å². The van der Waals surface area contributed by atoms with E-state index in [1.54, 1.807) is 22.7 Å². The monoisotopic (exact) mass is 518 g/mol. The Bertz CT molecular complexity index is 1190. The van der Waals surface area contributed by atoms with Crippen LogP contribution in [0.3, 0.4) is 0 Å². The SMILES string of the molecule is c1cc(N2CCC3(CCCc4cncn43)C2)cs1.c1cc(N2CCC3(CCCc4cncn43)C2)cs1. The van der Waals surface area contributed by atoms with Gasteiger partial charge in [0.2, 0.25) is 0 Å². The summed E-state index contributed by atoms with van der Waals surface area (Å²) in [4.78, 5) is 13.8. The zero-order valence-corrected chi connectivity index (χ0v) is 22.4. The van der Waals surface area contributed by atoms with E-state index in [1.165, 1.54) is 87.2 Å². The van der Waals surface area contributed by atoms with Crippen LogP contribution in [0.2, 0.25) is 0 Å². The van der Waals surface area contributed by atoms with Crippen LogP contribution < -0.4 is 9.80 Å². The fraction of sp³-hybridized carbons (Fsp3) is 0.500. The fourth-order valence-corrected chi connectivity index (χ4v) is 8.46. The van der Waals surface area contributed by atoms with Crippen molar-refractivity contribution in [2.24, 2.45) is 0 Å². The highest BCUT2D eigenvalue weighted by Gasteiger charge is 2.43. The summed E-state index contributed by atoms with van der Waals surface area (Å²) in [5.74, 6) is 0. The van der Waals surface area contributed by atoms with Crippen molar-refractivity contribution in [1.29, 1.82) is 0 Å². The van der Waals surface area contributed by atoms with Gasteiger partial charge in [-0.05, 0) is 74.3 Å². The summed E-state index contributed by atoms with van der Waals surface area (Å²) >= 11 is 3.58. The van der Waals surface area contributed by atoms with Gasteiger partial charge in [0.1, 0.15) is 0 Å². The lowest BCUT2D eigenvalue weighted by Crippen LogP contribution is -2.40. The average molecular weight is 519 g/mol. The molecule has 4 aromatic rings. The molecule has 2 fully saturated rings. The molecular weight excluding hydrogens is 484 g/mol. The molecule has 2 spiro atoms. The Morgan fingerprint density at radius 2 is 1.17 bits per heavy atom. The summed E-state index contributed by atoms with van der Waals surface area (Å²) in [6.45, 7) is 4.64. The molecule has 4 aliphatic rings. The lowest BCUT2D eigenvalue weighted by molar-refractivity contribution is 0.255. The highest BCUT2D eigenvalue weighted by molar-refractivity contribution is 7.08. The average Bonchev–Trinajstić information content (AvgIpc) is 3.71. The van der Waals surface area contributed by atoms with Gasteiger partial charge in [-0.15, -0.1) is 0 Å². The summed E-state index contributed by atoms with van der Waals surface area (Å²) < 4.78 is 4.92. The summed E-state index contributed by atoms with van der Waals surface area (Å²) in [6.07, 6.45) is 18.3. The van der Waals surface area contributed by atoms with Gasteiger partial charge < -0.3 is 18.9 Å². The van der Waals surface area contributed by atoms with Crippen molar-refractivity contribution in [2.45, 2.75) is 62.4 Å². The fourth-order valence-electron chi connectivity index (χ4n) is 7.14. The lowest BCUT2D eigenvalue weighted by atomic mass is 9.87. The highest BCUT2D eigenvalue weighted by Crippen LogP contribution is 2.41. The second kappa shape index (κ2) is 9.06. The van der Waals surface area contributed by atoms with Gasteiger partial charge in [-0.1, -0.05) is 0 Å². The van der Waals surface area contributed by atoms with E-state index >= 15 is 0 Å². The number of fused-ring (bicyclic) bond motifs is 4. The van der Waals surface area contributed by atoms with Crippen molar-refractivity contribution < 1.29 is 0 Å². The third-order valence-corrected chi connectivity index (χ3v) is 10.4. The van der Waals surface area contributed by atoms with Gasteiger partial charge in [-0.25, -0.2) is 9.97 Å². The first kappa shape index (κ1) is 22.6. The molecule has 2 saturated heterocycles. The van der Waals surface area contributed by atoms with Crippen molar-refractivity contribution >= 4 is 34.0 Å². The maximum atomic E-state index is 4.36. The molecule has 188 valence electrons. The molecule has 0 bridgehead atoms. The minimum Gasteiger partial charge on any atom is -0.368 e. The quantitative estimate of drug-likeness (QED) is 0.338. The Morgan fingerprint density at radius 3 is 1.61 bits per heavy atom. The van der Waals surface area contributed by atoms with E-state index in [0.29, 0.717) is 11.1 Å². The minimum absolute atomic E-state index is 0.312. The van der Waals surface area contributed by atoms with Crippen LogP contribution in [-0.4, -0.2) is 45.3 Å². The zero-order chi connectivity index (χ0) is 24.0. The van der Waals surface area contributed by atoms with Crippen LogP contribution in [0.15, 0.2) is 58.7 Å². The van der Waals surface area contributed by atoms with Gasteiger partial charge in [-0.2, -0.15) is 22.7 Å². The van der Waals surface area contributed by atoms with Crippen LogP contribution in [-0.2, 0) is 23.9 Å². The van der Waals surface area contributed by atoms with Crippen molar-refractivity contribution in [3.05, 3.63) is 70.1 Å². The molecule has 6 nitrogen and oxygen atoms in total. The molecule has 0 aromatic carbocycles. The zero-order valence-electron chi connectivity index (χ0n) is 20.8. The number of thiophene rings is 2. The first-order chi connectivity index (χ1) is 17.7. The lowest BCUT2D eigenvalue weighted by Gasteiger charge is -2.36. The third-order valence-electron chi connectivity index (χ3n) is 9.01. The molecule has 2 unspecified atom stereocenters. The molecule has 2 atom stereocenters. The van der Waals surface area contributed by atoms with E-state index in [-0.39, 0.29) is 0 Å². The summed E-state index contributed by atoms with van der Waals surface area (Å²) in [5, 5.41) is 8.86.